The number of aliphatic hydroxyl groups is 1. The predicted octanol–water partition coefficient (Wildman–Crippen LogP) is 1.17. The van der Waals surface area contributed by atoms with Gasteiger partial charge in [0.15, 0.2) is 0 Å². The van der Waals surface area contributed by atoms with Gasteiger partial charge in [0.25, 0.3) is 0 Å². The van der Waals surface area contributed by atoms with Crippen LogP contribution in [0.4, 0.5) is 0 Å². The molecule has 8 heavy (non-hydrogen) atoms. The van der Waals surface area contributed by atoms with E-state index >= 15 is 0 Å². The van der Waals surface area contributed by atoms with E-state index in [4.69, 9.17) is 12.0 Å². The van der Waals surface area contributed by atoms with E-state index in [9.17, 15) is 0 Å². The zero-order valence-electron chi connectivity index (χ0n) is 4.80. The summed E-state index contributed by atoms with van der Waals surface area (Å²) in [7, 11) is 0. The van der Waals surface area contributed by atoms with Crippen LogP contribution in [0.15, 0.2) is 11.6 Å². The summed E-state index contributed by atoms with van der Waals surface area (Å²) in [5.74, 6) is 0. The Morgan fingerprint density at radius 3 is 2.88 bits per heavy atom. The van der Waals surface area contributed by atoms with Crippen molar-refractivity contribution < 1.29 is 5.11 Å². The van der Waals surface area contributed by atoms with Gasteiger partial charge in [-0.3, -0.25) is 0 Å². The highest BCUT2D eigenvalue weighted by molar-refractivity contribution is 5.09. The van der Waals surface area contributed by atoms with Crippen LogP contribution in [0.3, 0.4) is 0 Å². The van der Waals surface area contributed by atoms with Crippen LogP contribution in [-0.4, -0.2) is 11.2 Å². The number of allylic oxidation sites excluding steroid dienone is 1. The van der Waals surface area contributed by atoms with E-state index in [0.717, 1.165) is 24.8 Å². The lowest BCUT2D eigenvalue weighted by Gasteiger charge is -2.13. The van der Waals surface area contributed by atoms with E-state index in [1.54, 1.807) is 0 Å². The Hall–Kier alpha value is -0.300. The summed E-state index contributed by atoms with van der Waals surface area (Å²) < 4.78 is 0. The van der Waals surface area contributed by atoms with Gasteiger partial charge < -0.3 is 5.11 Å². The van der Waals surface area contributed by atoms with E-state index in [1.165, 1.54) is 0 Å². The second-order valence-corrected chi connectivity index (χ2v) is 2.21. The molecule has 1 rings (SSSR count). The molecule has 44 valence electrons. The summed E-state index contributed by atoms with van der Waals surface area (Å²) in [4.78, 5) is 0. The maximum absolute atomic E-state index is 8.93. The third-order valence-electron chi connectivity index (χ3n) is 1.42. The van der Waals surface area contributed by atoms with Crippen LogP contribution in [0.2, 0.25) is 0 Å². The molecule has 0 aromatic rings. The van der Waals surface area contributed by atoms with Crippen molar-refractivity contribution in [2.75, 3.05) is 0 Å². The van der Waals surface area contributed by atoms with Gasteiger partial charge in [-0.25, -0.2) is 0 Å². The van der Waals surface area contributed by atoms with Crippen LogP contribution in [0, 0.1) is 6.92 Å². The minimum absolute atomic E-state index is 0.137. The fourth-order valence-corrected chi connectivity index (χ4v) is 0.841. The molecule has 1 aliphatic rings. The number of hydrogen-bond acceptors (Lipinski definition) is 1. The molecule has 0 aromatic carbocycles. The molecule has 0 fully saturated rings. The summed E-state index contributed by atoms with van der Waals surface area (Å²) in [6.45, 7) is 5.45. The fraction of sp³-hybridized carbons (Fsp3) is 0.571. The Morgan fingerprint density at radius 2 is 2.50 bits per heavy atom. The van der Waals surface area contributed by atoms with Crippen molar-refractivity contribution in [2.24, 2.45) is 0 Å². The topological polar surface area (TPSA) is 20.2 Å². The van der Waals surface area contributed by atoms with Gasteiger partial charge in [-0.05, 0) is 26.2 Å². The molecule has 1 N–H and O–H groups in total. The second kappa shape index (κ2) is 2.31. The standard InChI is InChI=1S/C7H10O/c1-6-2-4-7(8)5-3-6/h1-2,7-8H,3-5H2/t7-/m1/s1. The molecule has 0 saturated carbocycles. The first kappa shape index (κ1) is 5.83. The van der Waals surface area contributed by atoms with Gasteiger partial charge in [0.2, 0.25) is 0 Å². The molecular formula is C7H10O. The summed E-state index contributed by atoms with van der Waals surface area (Å²) in [6.07, 6.45) is 4.20. The van der Waals surface area contributed by atoms with Gasteiger partial charge in [-0.2, -0.15) is 0 Å². The monoisotopic (exact) mass is 110 g/mol. The smallest absolute Gasteiger partial charge is 0.0577 e. The molecule has 1 nitrogen and oxygen atoms in total. The molecule has 2 radical (unpaired) electrons. The van der Waals surface area contributed by atoms with Crippen molar-refractivity contribution >= 4 is 0 Å². The third kappa shape index (κ3) is 1.34. The van der Waals surface area contributed by atoms with Crippen molar-refractivity contribution in [3.05, 3.63) is 18.6 Å². The fourth-order valence-electron chi connectivity index (χ4n) is 0.841. The van der Waals surface area contributed by atoms with Gasteiger partial charge in [-0.1, -0.05) is 11.6 Å². The average Bonchev–Trinajstić information content (AvgIpc) is 1.77. The van der Waals surface area contributed by atoms with Crippen LogP contribution < -0.4 is 0 Å². The Bertz CT molecular complexity index is 105. The first-order chi connectivity index (χ1) is 3.79. The van der Waals surface area contributed by atoms with Crippen LogP contribution >= 0.6 is 0 Å². The quantitative estimate of drug-likeness (QED) is 0.496. The molecule has 0 unspecified atom stereocenters. The van der Waals surface area contributed by atoms with Gasteiger partial charge >= 0.3 is 0 Å². The molecular weight excluding hydrogens is 100 g/mol. The lowest BCUT2D eigenvalue weighted by Crippen LogP contribution is -2.08. The van der Waals surface area contributed by atoms with Crippen molar-refractivity contribution in [1.82, 2.24) is 0 Å². The van der Waals surface area contributed by atoms with Gasteiger partial charge in [0.1, 0.15) is 0 Å². The molecule has 0 amide bonds. The molecule has 0 aliphatic heterocycles. The molecule has 1 atom stereocenters. The van der Waals surface area contributed by atoms with Gasteiger partial charge in [0, 0.05) is 0 Å². The third-order valence-corrected chi connectivity index (χ3v) is 1.42. The van der Waals surface area contributed by atoms with E-state index < -0.39 is 0 Å². The lowest BCUT2D eigenvalue weighted by atomic mass is 9.99. The molecule has 0 bridgehead atoms. The summed E-state index contributed by atoms with van der Waals surface area (Å²) in [5, 5.41) is 8.93. The molecule has 0 heterocycles. The van der Waals surface area contributed by atoms with Crippen molar-refractivity contribution in [3.8, 4) is 0 Å². The molecule has 0 aromatic heterocycles. The largest absolute Gasteiger partial charge is 0.393 e. The summed E-state index contributed by atoms with van der Waals surface area (Å²) in [6, 6.07) is 0. The van der Waals surface area contributed by atoms with Crippen molar-refractivity contribution in [3.63, 3.8) is 0 Å². The highest BCUT2D eigenvalue weighted by atomic mass is 16.3. The van der Waals surface area contributed by atoms with Gasteiger partial charge in [0.05, 0.1) is 6.10 Å². The van der Waals surface area contributed by atoms with E-state index in [-0.39, 0.29) is 6.10 Å². The molecule has 1 aliphatic carbocycles. The highest BCUT2D eigenvalue weighted by Crippen LogP contribution is 2.16. The van der Waals surface area contributed by atoms with Crippen LogP contribution in [-0.2, 0) is 0 Å². The number of hydrogen-bond donors (Lipinski definition) is 1. The molecule has 1 heteroatoms. The molecule has 0 saturated heterocycles. The SMILES string of the molecule is [CH]C1=CC[C@@H](O)CC1. The van der Waals surface area contributed by atoms with E-state index in [0.29, 0.717) is 0 Å². The Kier molecular flexibility index (Phi) is 1.69. The Balaban J connectivity index is 2.42. The summed E-state index contributed by atoms with van der Waals surface area (Å²) in [5.41, 5.74) is 0.926. The zero-order valence-corrected chi connectivity index (χ0v) is 4.80. The van der Waals surface area contributed by atoms with E-state index in [1.807, 2.05) is 6.08 Å². The van der Waals surface area contributed by atoms with Crippen molar-refractivity contribution in [2.45, 2.75) is 25.4 Å². The Labute approximate surface area is 50.0 Å². The van der Waals surface area contributed by atoms with Crippen LogP contribution in [0.1, 0.15) is 19.3 Å². The van der Waals surface area contributed by atoms with Crippen LogP contribution in [0.25, 0.3) is 0 Å². The minimum atomic E-state index is -0.137. The van der Waals surface area contributed by atoms with E-state index in [2.05, 4.69) is 0 Å². The average molecular weight is 110 g/mol. The normalized spacial score (nSPS) is 29.8. The minimum Gasteiger partial charge on any atom is -0.393 e. The summed E-state index contributed by atoms with van der Waals surface area (Å²) >= 11 is 0. The predicted molar refractivity (Wildman–Crippen MR) is 32.2 cm³/mol. The van der Waals surface area contributed by atoms with Crippen molar-refractivity contribution in [1.29, 1.82) is 0 Å². The number of rotatable bonds is 0. The maximum atomic E-state index is 8.93. The maximum Gasteiger partial charge on any atom is 0.0577 e. The molecule has 0 spiro atoms. The number of aliphatic hydroxyl groups excluding tert-OH is 1. The first-order valence-electron chi connectivity index (χ1n) is 2.91. The highest BCUT2D eigenvalue weighted by Gasteiger charge is 2.07. The lowest BCUT2D eigenvalue weighted by molar-refractivity contribution is 0.163. The van der Waals surface area contributed by atoms with Crippen LogP contribution in [0.5, 0.6) is 0 Å². The Morgan fingerprint density at radius 1 is 1.75 bits per heavy atom. The first-order valence-corrected chi connectivity index (χ1v) is 2.91. The zero-order chi connectivity index (χ0) is 5.98. The van der Waals surface area contributed by atoms with Gasteiger partial charge in [-0.15, -0.1) is 0 Å². The second-order valence-electron chi connectivity index (χ2n) is 2.21.